The Hall–Kier alpha value is -1.43. The van der Waals surface area contributed by atoms with E-state index in [9.17, 15) is 14.4 Å². The van der Waals surface area contributed by atoms with Gasteiger partial charge in [0.15, 0.2) is 0 Å². The number of carbonyl (C=O) groups is 3. The van der Waals surface area contributed by atoms with E-state index < -0.39 is 29.6 Å². The first-order valence-corrected chi connectivity index (χ1v) is 6.75. The van der Waals surface area contributed by atoms with Crippen molar-refractivity contribution in [2.75, 3.05) is 0 Å². The smallest absolute Gasteiger partial charge is 0.328 e. The van der Waals surface area contributed by atoms with Gasteiger partial charge in [-0.05, 0) is 34.6 Å². The zero-order valence-electron chi connectivity index (χ0n) is 13.1. The number of ketones is 1. The number of amides is 1. The second-order valence-electron chi connectivity index (χ2n) is 6.12. The first-order chi connectivity index (χ1) is 8.94. The number of Topliss-reactive ketones (excluding diaryl/α,β-unsaturated/α-hetero) is 1. The van der Waals surface area contributed by atoms with E-state index in [-0.39, 0.29) is 18.1 Å². The van der Waals surface area contributed by atoms with Crippen molar-refractivity contribution in [3.8, 4) is 0 Å². The summed E-state index contributed by atoms with van der Waals surface area (Å²) in [6.07, 6.45) is 0.0601. The summed E-state index contributed by atoms with van der Waals surface area (Å²) in [6.45, 7) is 10.0. The Morgan fingerprint density at radius 3 is 2.05 bits per heavy atom. The molecule has 0 aromatic rings. The van der Waals surface area contributed by atoms with Gasteiger partial charge in [-0.2, -0.15) is 0 Å². The molecule has 3 N–H and O–H groups in total. The molecule has 0 heterocycles. The van der Waals surface area contributed by atoms with E-state index in [0.29, 0.717) is 0 Å². The fraction of sp³-hybridized carbons (Fsp3) is 0.786. The predicted molar refractivity (Wildman–Crippen MR) is 75.9 cm³/mol. The van der Waals surface area contributed by atoms with Crippen molar-refractivity contribution < 1.29 is 19.1 Å². The number of hydrogen-bond acceptors (Lipinski definition) is 5. The lowest BCUT2D eigenvalue weighted by Crippen LogP contribution is -2.44. The normalized spacial score (nSPS) is 15.9. The number of ether oxygens (including phenoxy) is 1. The molecule has 1 amide bonds. The minimum absolute atomic E-state index is 0.0601. The lowest BCUT2D eigenvalue weighted by atomic mass is 10.0. The Morgan fingerprint density at radius 2 is 1.65 bits per heavy atom. The number of rotatable bonds is 6. The Balaban J connectivity index is 4.38. The summed E-state index contributed by atoms with van der Waals surface area (Å²) < 4.78 is 5.16. The largest absolute Gasteiger partial charge is 0.458 e. The Labute approximate surface area is 120 Å². The molecule has 0 saturated carbocycles. The van der Waals surface area contributed by atoms with E-state index in [1.165, 1.54) is 0 Å². The summed E-state index contributed by atoms with van der Waals surface area (Å²) >= 11 is 0. The molecule has 6 nitrogen and oxygen atoms in total. The second-order valence-corrected chi connectivity index (χ2v) is 6.12. The maximum Gasteiger partial charge on any atom is 0.328 e. The molecule has 0 aromatic carbocycles. The molecule has 0 aliphatic heterocycles. The van der Waals surface area contributed by atoms with Crippen molar-refractivity contribution in [1.29, 1.82) is 0 Å². The third-order valence-corrected chi connectivity index (χ3v) is 2.58. The summed E-state index contributed by atoms with van der Waals surface area (Å²) in [7, 11) is 0. The highest BCUT2D eigenvalue weighted by Gasteiger charge is 2.25. The second kappa shape index (κ2) is 7.38. The van der Waals surface area contributed by atoms with Gasteiger partial charge in [0.1, 0.15) is 17.4 Å². The van der Waals surface area contributed by atoms with Gasteiger partial charge in [-0.1, -0.05) is 6.92 Å². The summed E-state index contributed by atoms with van der Waals surface area (Å²) in [5.41, 5.74) is 4.84. The molecule has 0 aliphatic rings. The van der Waals surface area contributed by atoms with Crippen LogP contribution in [0.4, 0.5) is 0 Å². The van der Waals surface area contributed by atoms with Gasteiger partial charge < -0.3 is 15.8 Å². The summed E-state index contributed by atoms with van der Waals surface area (Å²) in [6, 6.07) is -1.34. The van der Waals surface area contributed by atoms with Crippen molar-refractivity contribution in [2.45, 2.75) is 65.6 Å². The fourth-order valence-corrected chi connectivity index (χ4v) is 1.39. The maximum absolute atomic E-state index is 11.9. The van der Waals surface area contributed by atoms with E-state index in [0.717, 1.165) is 0 Å². The van der Waals surface area contributed by atoms with Crippen LogP contribution in [0.2, 0.25) is 0 Å². The average Bonchev–Trinajstić information content (AvgIpc) is 2.25. The highest BCUT2D eigenvalue weighted by atomic mass is 16.6. The molecule has 0 rings (SSSR count). The van der Waals surface area contributed by atoms with Gasteiger partial charge in [-0.15, -0.1) is 0 Å². The van der Waals surface area contributed by atoms with Gasteiger partial charge in [0.05, 0.1) is 6.04 Å². The molecule has 0 fully saturated rings. The number of nitrogens with two attached hydrogens (primary N) is 1. The number of nitrogens with one attached hydrogen (secondary N) is 1. The van der Waals surface area contributed by atoms with Crippen LogP contribution >= 0.6 is 0 Å². The molecule has 0 aliphatic carbocycles. The molecule has 0 bridgehead atoms. The molecule has 0 spiro atoms. The molecule has 3 atom stereocenters. The van der Waals surface area contributed by atoms with E-state index in [1.54, 1.807) is 41.5 Å². The molecule has 0 radical (unpaired) electrons. The van der Waals surface area contributed by atoms with E-state index >= 15 is 0 Å². The van der Waals surface area contributed by atoms with Gasteiger partial charge in [0.2, 0.25) is 5.91 Å². The van der Waals surface area contributed by atoms with E-state index in [1.807, 2.05) is 0 Å². The van der Waals surface area contributed by atoms with Crippen molar-refractivity contribution in [3.05, 3.63) is 0 Å². The lowest BCUT2D eigenvalue weighted by Gasteiger charge is -2.23. The first-order valence-electron chi connectivity index (χ1n) is 6.75. The number of hydrogen-bond donors (Lipinski definition) is 2. The molecule has 6 heteroatoms. The SMILES string of the molecule is CC(N)C(=O)CC(C)C(=O)NC(C)C(=O)OC(C)(C)C. The van der Waals surface area contributed by atoms with Crippen LogP contribution < -0.4 is 11.1 Å². The number of esters is 1. The van der Waals surface area contributed by atoms with Crippen LogP contribution in [0.3, 0.4) is 0 Å². The zero-order valence-corrected chi connectivity index (χ0v) is 13.1. The van der Waals surface area contributed by atoms with Gasteiger partial charge in [0.25, 0.3) is 0 Å². The fourth-order valence-electron chi connectivity index (χ4n) is 1.39. The lowest BCUT2D eigenvalue weighted by molar-refractivity contribution is -0.158. The van der Waals surface area contributed by atoms with Crippen LogP contribution in [-0.2, 0) is 19.1 Å². The van der Waals surface area contributed by atoms with Gasteiger partial charge in [-0.3, -0.25) is 9.59 Å². The summed E-state index contributed by atoms with van der Waals surface area (Å²) in [5, 5.41) is 2.54. The first kappa shape index (κ1) is 18.6. The van der Waals surface area contributed by atoms with Crippen LogP contribution in [0.15, 0.2) is 0 Å². The van der Waals surface area contributed by atoms with Crippen molar-refractivity contribution in [2.24, 2.45) is 11.7 Å². The molecular formula is C14H26N2O4. The summed E-state index contributed by atoms with van der Waals surface area (Å²) in [5.74, 6) is -1.58. The standard InChI is InChI=1S/C14H26N2O4/c1-8(7-11(17)9(2)15)12(18)16-10(3)13(19)20-14(4,5)6/h8-10H,7,15H2,1-6H3,(H,16,18). The minimum atomic E-state index is -0.755. The molecule has 3 unspecified atom stereocenters. The van der Waals surface area contributed by atoms with Crippen molar-refractivity contribution in [3.63, 3.8) is 0 Å². The van der Waals surface area contributed by atoms with Crippen LogP contribution in [0, 0.1) is 5.92 Å². The Bertz CT molecular complexity index is 372. The third-order valence-electron chi connectivity index (χ3n) is 2.58. The monoisotopic (exact) mass is 286 g/mol. The molecule has 116 valence electrons. The van der Waals surface area contributed by atoms with Crippen LogP contribution in [0.25, 0.3) is 0 Å². The predicted octanol–water partition coefficient (Wildman–Crippen LogP) is 0.775. The van der Waals surface area contributed by atoms with E-state index in [2.05, 4.69) is 5.32 Å². The molecule has 0 saturated heterocycles. The van der Waals surface area contributed by atoms with Crippen LogP contribution in [0.5, 0.6) is 0 Å². The van der Waals surface area contributed by atoms with Crippen molar-refractivity contribution >= 4 is 17.7 Å². The average molecular weight is 286 g/mol. The van der Waals surface area contributed by atoms with Gasteiger partial charge in [0, 0.05) is 12.3 Å². The van der Waals surface area contributed by atoms with E-state index in [4.69, 9.17) is 10.5 Å². The quantitative estimate of drug-likeness (QED) is 0.703. The van der Waals surface area contributed by atoms with Crippen LogP contribution in [-0.4, -0.2) is 35.3 Å². The molecule has 20 heavy (non-hydrogen) atoms. The topological polar surface area (TPSA) is 98.5 Å². The number of carbonyl (C=O) groups excluding carboxylic acids is 3. The minimum Gasteiger partial charge on any atom is -0.458 e. The third kappa shape index (κ3) is 7.23. The highest BCUT2D eigenvalue weighted by molar-refractivity contribution is 5.91. The molecule has 0 aromatic heterocycles. The maximum atomic E-state index is 11.9. The zero-order chi connectivity index (χ0) is 16.1. The summed E-state index contributed by atoms with van der Waals surface area (Å²) in [4.78, 5) is 35.1. The van der Waals surface area contributed by atoms with Gasteiger partial charge >= 0.3 is 5.97 Å². The van der Waals surface area contributed by atoms with Gasteiger partial charge in [-0.25, -0.2) is 4.79 Å². The Kier molecular flexibility index (Phi) is 6.85. The van der Waals surface area contributed by atoms with Crippen LogP contribution in [0.1, 0.15) is 48.0 Å². The highest BCUT2D eigenvalue weighted by Crippen LogP contribution is 2.09. The molecular weight excluding hydrogens is 260 g/mol. The van der Waals surface area contributed by atoms with Crippen molar-refractivity contribution in [1.82, 2.24) is 5.32 Å². The Morgan fingerprint density at radius 1 is 1.15 bits per heavy atom.